The summed E-state index contributed by atoms with van der Waals surface area (Å²) in [6.45, 7) is 0. The molecule has 1 aromatic heterocycles. The third-order valence-electron chi connectivity index (χ3n) is 4.51. The largest absolute Gasteiger partial charge is 0.352 e. The van der Waals surface area contributed by atoms with Gasteiger partial charge in [-0.1, -0.05) is 30.3 Å². The summed E-state index contributed by atoms with van der Waals surface area (Å²) in [5, 5.41) is 1.40. The van der Waals surface area contributed by atoms with Gasteiger partial charge < -0.3 is 9.80 Å². The highest BCUT2D eigenvalue weighted by Crippen LogP contribution is 2.54. The summed E-state index contributed by atoms with van der Waals surface area (Å²) < 4.78 is 1.41. The van der Waals surface area contributed by atoms with Crippen LogP contribution in [-0.2, 0) is 6.42 Å². The predicted molar refractivity (Wildman–Crippen MR) is 86.3 cm³/mol. The Balaban J connectivity index is 1.82. The molecule has 0 fully saturated rings. The second-order valence-corrected chi connectivity index (χ2v) is 6.66. The van der Waals surface area contributed by atoms with Crippen molar-refractivity contribution < 1.29 is 0 Å². The van der Waals surface area contributed by atoms with E-state index in [1.54, 1.807) is 0 Å². The van der Waals surface area contributed by atoms with Crippen LogP contribution in [0.15, 0.2) is 48.5 Å². The fourth-order valence-electron chi connectivity index (χ4n) is 3.61. The third kappa shape index (κ3) is 1.15. The van der Waals surface area contributed by atoms with Crippen LogP contribution in [0.4, 0.5) is 17.1 Å². The van der Waals surface area contributed by atoms with Gasteiger partial charge in [-0.2, -0.15) is 0 Å². The second kappa shape index (κ2) is 3.55. The van der Waals surface area contributed by atoms with Gasteiger partial charge in [-0.25, -0.2) is 0 Å². The standard InChI is InChI=1S/C17H14N2S/c1-18-12-7-3-4-8-13(12)19-16(18)10-15-17(19)11-6-2-5-9-14(11)20-15/h2-9,16H,10H2,1H3. The first-order valence-electron chi connectivity index (χ1n) is 6.96. The molecule has 2 aliphatic heterocycles. The lowest BCUT2D eigenvalue weighted by atomic mass is 10.2. The molecule has 0 radical (unpaired) electrons. The molecule has 3 heterocycles. The summed E-state index contributed by atoms with van der Waals surface area (Å²) in [6.07, 6.45) is 1.58. The van der Waals surface area contributed by atoms with Crippen LogP contribution >= 0.6 is 11.3 Å². The summed E-state index contributed by atoms with van der Waals surface area (Å²) in [5.74, 6) is 0. The van der Waals surface area contributed by atoms with Gasteiger partial charge in [0.1, 0.15) is 6.17 Å². The Morgan fingerprint density at radius 3 is 2.65 bits per heavy atom. The zero-order valence-corrected chi connectivity index (χ0v) is 12.0. The minimum absolute atomic E-state index is 0.457. The molecule has 1 unspecified atom stereocenters. The van der Waals surface area contributed by atoms with E-state index in [1.165, 1.54) is 32.0 Å². The van der Waals surface area contributed by atoms with Gasteiger partial charge in [-0.3, -0.25) is 0 Å². The van der Waals surface area contributed by atoms with Gasteiger partial charge in [0.25, 0.3) is 0 Å². The van der Waals surface area contributed by atoms with E-state index in [9.17, 15) is 0 Å². The molecule has 2 nitrogen and oxygen atoms in total. The van der Waals surface area contributed by atoms with Gasteiger partial charge >= 0.3 is 0 Å². The lowest BCUT2D eigenvalue weighted by Crippen LogP contribution is -2.36. The zero-order valence-electron chi connectivity index (χ0n) is 11.2. The molecule has 98 valence electrons. The van der Waals surface area contributed by atoms with Crippen LogP contribution in [0.25, 0.3) is 10.1 Å². The van der Waals surface area contributed by atoms with Crippen molar-refractivity contribution in [2.45, 2.75) is 12.6 Å². The van der Waals surface area contributed by atoms with E-state index < -0.39 is 0 Å². The first-order chi connectivity index (χ1) is 9.84. The Hall–Kier alpha value is -2.00. The van der Waals surface area contributed by atoms with Crippen LogP contribution in [0.2, 0.25) is 0 Å². The average Bonchev–Trinajstić information content (AvgIpc) is 3.08. The number of benzene rings is 2. The Bertz CT molecular complexity index is 836. The van der Waals surface area contributed by atoms with Crippen LogP contribution in [0.5, 0.6) is 0 Å². The van der Waals surface area contributed by atoms with Crippen LogP contribution < -0.4 is 9.80 Å². The molecule has 3 heteroatoms. The highest BCUT2D eigenvalue weighted by Gasteiger charge is 2.42. The zero-order chi connectivity index (χ0) is 13.3. The van der Waals surface area contributed by atoms with Crippen molar-refractivity contribution in [2.75, 3.05) is 16.8 Å². The van der Waals surface area contributed by atoms with Crippen LogP contribution in [0.3, 0.4) is 0 Å². The summed E-state index contributed by atoms with van der Waals surface area (Å²) in [7, 11) is 2.21. The van der Waals surface area contributed by atoms with Crippen molar-refractivity contribution in [1.29, 1.82) is 0 Å². The van der Waals surface area contributed by atoms with E-state index in [4.69, 9.17) is 0 Å². The van der Waals surface area contributed by atoms with E-state index in [0.29, 0.717) is 6.17 Å². The van der Waals surface area contributed by atoms with E-state index >= 15 is 0 Å². The molecule has 2 aromatic carbocycles. The van der Waals surface area contributed by atoms with Crippen molar-refractivity contribution in [3.05, 3.63) is 53.4 Å². The first-order valence-corrected chi connectivity index (χ1v) is 7.78. The molecule has 3 aromatic rings. The van der Waals surface area contributed by atoms with E-state index in [1.807, 2.05) is 11.3 Å². The Morgan fingerprint density at radius 1 is 1.00 bits per heavy atom. The SMILES string of the molecule is CN1c2ccccc2N2c3c(sc4ccccc34)CC12. The molecule has 0 aliphatic carbocycles. The molecule has 0 bridgehead atoms. The highest BCUT2D eigenvalue weighted by atomic mass is 32.1. The smallest absolute Gasteiger partial charge is 0.111 e. The number of anilines is 3. The number of thiophene rings is 1. The lowest BCUT2D eigenvalue weighted by Gasteiger charge is -2.24. The van der Waals surface area contributed by atoms with Crippen LogP contribution in [-0.4, -0.2) is 13.2 Å². The minimum atomic E-state index is 0.457. The van der Waals surface area contributed by atoms with E-state index in [-0.39, 0.29) is 0 Å². The average molecular weight is 278 g/mol. The maximum Gasteiger partial charge on any atom is 0.111 e. The fourth-order valence-corrected chi connectivity index (χ4v) is 4.83. The first kappa shape index (κ1) is 10.7. The van der Waals surface area contributed by atoms with Gasteiger partial charge in [0.2, 0.25) is 0 Å². The number of hydrogen-bond donors (Lipinski definition) is 0. The molecule has 1 atom stereocenters. The predicted octanol–water partition coefficient (Wildman–Crippen LogP) is 4.37. The molecule has 0 saturated carbocycles. The molecule has 0 N–H and O–H groups in total. The van der Waals surface area contributed by atoms with E-state index in [2.05, 4.69) is 65.4 Å². The monoisotopic (exact) mass is 278 g/mol. The summed E-state index contributed by atoms with van der Waals surface area (Å²) in [6, 6.07) is 17.5. The number of rotatable bonds is 0. The van der Waals surface area contributed by atoms with Crippen molar-refractivity contribution in [3.63, 3.8) is 0 Å². The maximum absolute atomic E-state index is 2.53. The summed E-state index contributed by atoms with van der Waals surface area (Å²) >= 11 is 1.95. The molecular weight excluding hydrogens is 264 g/mol. The molecule has 20 heavy (non-hydrogen) atoms. The molecule has 2 aliphatic rings. The van der Waals surface area contributed by atoms with Crippen molar-refractivity contribution in [1.82, 2.24) is 0 Å². The quantitative estimate of drug-likeness (QED) is 0.602. The highest BCUT2D eigenvalue weighted by molar-refractivity contribution is 7.19. The number of hydrogen-bond acceptors (Lipinski definition) is 3. The van der Waals surface area contributed by atoms with Crippen molar-refractivity contribution >= 4 is 38.5 Å². The number of para-hydroxylation sites is 2. The minimum Gasteiger partial charge on any atom is -0.352 e. The number of fused-ring (bicyclic) bond motifs is 7. The molecular formula is C17H14N2S. The Kier molecular flexibility index (Phi) is 1.91. The third-order valence-corrected chi connectivity index (χ3v) is 5.70. The van der Waals surface area contributed by atoms with Gasteiger partial charge in [-0.05, 0) is 18.2 Å². The normalized spacial score (nSPS) is 19.4. The van der Waals surface area contributed by atoms with Crippen LogP contribution in [0.1, 0.15) is 4.88 Å². The molecule has 5 rings (SSSR count). The van der Waals surface area contributed by atoms with Gasteiger partial charge in [0, 0.05) is 28.4 Å². The fraction of sp³-hybridized carbons (Fsp3) is 0.176. The lowest BCUT2D eigenvalue weighted by molar-refractivity contribution is 0.707. The number of nitrogens with zero attached hydrogens (tertiary/aromatic N) is 2. The summed E-state index contributed by atoms with van der Waals surface area (Å²) in [4.78, 5) is 6.47. The van der Waals surface area contributed by atoms with Crippen LogP contribution in [0, 0.1) is 0 Å². The second-order valence-electron chi connectivity index (χ2n) is 5.52. The van der Waals surface area contributed by atoms with Gasteiger partial charge in [-0.15, -0.1) is 11.3 Å². The maximum atomic E-state index is 2.53. The molecule has 0 spiro atoms. The Labute approximate surface area is 121 Å². The van der Waals surface area contributed by atoms with Crippen molar-refractivity contribution in [2.24, 2.45) is 0 Å². The van der Waals surface area contributed by atoms with Gasteiger partial charge in [0.15, 0.2) is 0 Å². The molecule has 0 amide bonds. The van der Waals surface area contributed by atoms with E-state index in [0.717, 1.165) is 6.42 Å². The van der Waals surface area contributed by atoms with Gasteiger partial charge in [0.05, 0.1) is 17.1 Å². The van der Waals surface area contributed by atoms with Crippen molar-refractivity contribution in [3.8, 4) is 0 Å². The molecule has 0 saturated heterocycles. The summed E-state index contributed by atoms with van der Waals surface area (Å²) in [5.41, 5.74) is 4.13. The number of likely N-dealkylation sites (N-methyl/N-ethyl adjacent to an activating group) is 1. The topological polar surface area (TPSA) is 6.48 Å². The Morgan fingerprint density at radius 2 is 1.75 bits per heavy atom.